The van der Waals surface area contributed by atoms with Crippen LogP contribution in [0.5, 0.6) is 0 Å². The van der Waals surface area contributed by atoms with Gasteiger partial charge in [0.05, 0.1) is 22.9 Å². The smallest absolute Gasteiger partial charge is 0.292 e. The summed E-state index contributed by atoms with van der Waals surface area (Å²) >= 11 is 0. The molecule has 3 heterocycles. The molecule has 1 aliphatic carbocycles. The summed E-state index contributed by atoms with van der Waals surface area (Å²) in [6.45, 7) is 2.68. The predicted molar refractivity (Wildman–Crippen MR) is 108 cm³/mol. The first-order chi connectivity index (χ1) is 14.1. The summed E-state index contributed by atoms with van der Waals surface area (Å²) in [6, 6.07) is 5.73. The van der Waals surface area contributed by atoms with Crippen molar-refractivity contribution in [2.24, 2.45) is 7.05 Å². The van der Waals surface area contributed by atoms with Gasteiger partial charge in [-0.05, 0) is 43.9 Å². The van der Waals surface area contributed by atoms with Gasteiger partial charge in [0.15, 0.2) is 0 Å². The first-order valence-corrected chi connectivity index (χ1v) is 10.1. The van der Waals surface area contributed by atoms with Crippen LogP contribution in [0.25, 0.3) is 10.9 Å². The maximum atomic E-state index is 12.9. The molecule has 5 rings (SSSR count). The minimum Gasteiger partial charge on any atom is -0.368 e. The van der Waals surface area contributed by atoms with Crippen LogP contribution in [0.15, 0.2) is 33.8 Å². The number of rotatable bonds is 2. The molecule has 0 unspecified atom stereocenters. The first kappa shape index (κ1) is 17.9. The number of aromatic nitrogens is 3. The van der Waals surface area contributed by atoms with E-state index in [2.05, 4.69) is 15.0 Å². The molecule has 0 bridgehead atoms. The molecule has 1 aromatic carbocycles. The lowest BCUT2D eigenvalue weighted by molar-refractivity contribution is 0.0703. The van der Waals surface area contributed by atoms with Crippen LogP contribution in [-0.2, 0) is 19.9 Å². The molecule has 0 radical (unpaired) electrons. The van der Waals surface area contributed by atoms with Crippen molar-refractivity contribution in [3.63, 3.8) is 0 Å². The van der Waals surface area contributed by atoms with E-state index in [1.54, 1.807) is 13.4 Å². The standard InChI is InChI=1S/C21H23N5O3/c1-24-13-22-18-12-14(6-7-16(18)20(24)27)25-8-10-26(11-9-25)21(28)19-15-4-2-3-5-17(15)23-29-19/h6-7,12-13H,2-5,8-11H2,1H3. The van der Waals surface area contributed by atoms with Crippen LogP contribution in [0.1, 0.15) is 34.7 Å². The molecule has 150 valence electrons. The van der Waals surface area contributed by atoms with Gasteiger partial charge in [0.2, 0.25) is 5.76 Å². The first-order valence-electron chi connectivity index (χ1n) is 10.1. The highest BCUT2D eigenvalue weighted by Gasteiger charge is 2.30. The van der Waals surface area contributed by atoms with E-state index >= 15 is 0 Å². The van der Waals surface area contributed by atoms with Crippen molar-refractivity contribution in [3.05, 3.63) is 51.9 Å². The van der Waals surface area contributed by atoms with E-state index in [1.165, 1.54) is 4.57 Å². The monoisotopic (exact) mass is 393 g/mol. The number of benzene rings is 1. The molecule has 1 amide bonds. The van der Waals surface area contributed by atoms with Crippen LogP contribution in [0.4, 0.5) is 5.69 Å². The fourth-order valence-electron chi connectivity index (χ4n) is 4.27. The number of hydrogen-bond acceptors (Lipinski definition) is 6. The van der Waals surface area contributed by atoms with Gasteiger partial charge in [-0.3, -0.25) is 9.59 Å². The van der Waals surface area contributed by atoms with E-state index in [9.17, 15) is 9.59 Å². The maximum Gasteiger partial charge on any atom is 0.292 e. The molecule has 8 heteroatoms. The summed E-state index contributed by atoms with van der Waals surface area (Å²) in [5, 5.41) is 4.72. The molecule has 1 fully saturated rings. The second kappa shape index (κ2) is 7.02. The third-order valence-electron chi connectivity index (χ3n) is 5.99. The second-order valence-electron chi connectivity index (χ2n) is 7.79. The number of hydrogen-bond donors (Lipinski definition) is 0. The van der Waals surface area contributed by atoms with Crippen LogP contribution in [0, 0.1) is 0 Å². The number of carbonyl (C=O) groups excluding carboxylic acids is 1. The quantitative estimate of drug-likeness (QED) is 0.660. The number of anilines is 1. The molecule has 1 saturated heterocycles. The van der Waals surface area contributed by atoms with Gasteiger partial charge in [-0.25, -0.2) is 4.98 Å². The Labute approximate surface area is 167 Å². The third-order valence-corrected chi connectivity index (χ3v) is 5.99. The fourth-order valence-corrected chi connectivity index (χ4v) is 4.27. The summed E-state index contributed by atoms with van der Waals surface area (Å²) in [5.41, 5.74) is 3.62. The molecule has 2 aromatic heterocycles. The zero-order chi connectivity index (χ0) is 20.0. The second-order valence-corrected chi connectivity index (χ2v) is 7.79. The molecule has 0 atom stereocenters. The van der Waals surface area contributed by atoms with E-state index in [-0.39, 0.29) is 11.5 Å². The van der Waals surface area contributed by atoms with Gasteiger partial charge in [-0.2, -0.15) is 0 Å². The normalized spacial score (nSPS) is 16.9. The summed E-state index contributed by atoms with van der Waals surface area (Å²) in [4.78, 5) is 33.6. The van der Waals surface area contributed by atoms with Crippen molar-refractivity contribution in [2.45, 2.75) is 25.7 Å². The Morgan fingerprint density at radius 2 is 1.90 bits per heavy atom. The maximum absolute atomic E-state index is 12.9. The van der Waals surface area contributed by atoms with Crippen molar-refractivity contribution in [3.8, 4) is 0 Å². The van der Waals surface area contributed by atoms with Crippen molar-refractivity contribution in [2.75, 3.05) is 31.1 Å². The Bertz CT molecular complexity index is 1140. The zero-order valence-electron chi connectivity index (χ0n) is 16.4. The molecule has 2 aliphatic rings. The van der Waals surface area contributed by atoms with Crippen LogP contribution >= 0.6 is 0 Å². The summed E-state index contributed by atoms with van der Waals surface area (Å²) in [7, 11) is 1.70. The van der Waals surface area contributed by atoms with Crippen molar-refractivity contribution >= 4 is 22.5 Å². The molecule has 0 N–H and O–H groups in total. The van der Waals surface area contributed by atoms with Crippen LogP contribution < -0.4 is 10.5 Å². The zero-order valence-corrected chi connectivity index (χ0v) is 16.4. The van der Waals surface area contributed by atoms with Crippen LogP contribution in [0.2, 0.25) is 0 Å². The van der Waals surface area contributed by atoms with Crippen molar-refractivity contribution < 1.29 is 9.32 Å². The van der Waals surface area contributed by atoms with Crippen molar-refractivity contribution in [1.82, 2.24) is 19.6 Å². The van der Waals surface area contributed by atoms with E-state index in [0.717, 1.165) is 55.7 Å². The Hall–Kier alpha value is -3.16. The largest absolute Gasteiger partial charge is 0.368 e. The molecular weight excluding hydrogens is 370 g/mol. The average molecular weight is 393 g/mol. The van der Waals surface area contributed by atoms with E-state index in [0.29, 0.717) is 29.8 Å². The SMILES string of the molecule is Cn1cnc2cc(N3CCN(C(=O)c4onc5c4CCCC5)CC3)ccc2c1=O. The minimum absolute atomic E-state index is 0.0487. The summed E-state index contributed by atoms with van der Waals surface area (Å²) in [5.74, 6) is 0.378. The van der Waals surface area contributed by atoms with E-state index in [4.69, 9.17) is 4.52 Å². The lowest BCUT2D eigenvalue weighted by atomic mass is 9.96. The Morgan fingerprint density at radius 3 is 2.72 bits per heavy atom. The highest BCUT2D eigenvalue weighted by molar-refractivity contribution is 5.93. The highest BCUT2D eigenvalue weighted by Crippen LogP contribution is 2.26. The molecule has 29 heavy (non-hydrogen) atoms. The van der Waals surface area contributed by atoms with Gasteiger partial charge in [-0.15, -0.1) is 0 Å². The highest BCUT2D eigenvalue weighted by atomic mass is 16.5. The minimum atomic E-state index is -0.0519. The molecule has 1 aliphatic heterocycles. The Balaban J connectivity index is 1.31. The lowest BCUT2D eigenvalue weighted by Crippen LogP contribution is -2.49. The molecule has 3 aromatic rings. The number of aryl methyl sites for hydroxylation is 2. The van der Waals surface area contributed by atoms with Gasteiger partial charge < -0.3 is 18.9 Å². The Morgan fingerprint density at radius 1 is 1.10 bits per heavy atom. The fraction of sp³-hybridized carbons (Fsp3) is 0.429. The number of nitrogens with zero attached hydrogens (tertiary/aromatic N) is 5. The third kappa shape index (κ3) is 3.08. The topological polar surface area (TPSA) is 84.5 Å². The molecular formula is C21H23N5O3. The van der Waals surface area contributed by atoms with Gasteiger partial charge in [-0.1, -0.05) is 5.16 Å². The van der Waals surface area contributed by atoms with E-state index < -0.39 is 0 Å². The Kier molecular flexibility index (Phi) is 4.34. The van der Waals surface area contributed by atoms with Gasteiger partial charge in [0.1, 0.15) is 0 Å². The predicted octanol–water partition coefficient (Wildman–Crippen LogP) is 1.76. The van der Waals surface area contributed by atoms with E-state index in [1.807, 2.05) is 23.1 Å². The average Bonchev–Trinajstić information content (AvgIpc) is 3.20. The number of carbonyl (C=O) groups is 1. The van der Waals surface area contributed by atoms with Crippen LogP contribution in [0.3, 0.4) is 0 Å². The van der Waals surface area contributed by atoms with Crippen LogP contribution in [-0.4, -0.2) is 51.7 Å². The summed E-state index contributed by atoms with van der Waals surface area (Å²) in [6.07, 6.45) is 5.52. The molecule has 0 spiro atoms. The van der Waals surface area contributed by atoms with Gasteiger partial charge in [0.25, 0.3) is 11.5 Å². The summed E-state index contributed by atoms with van der Waals surface area (Å²) < 4.78 is 6.90. The van der Waals surface area contributed by atoms with Gasteiger partial charge >= 0.3 is 0 Å². The molecule has 0 saturated carbocycles. The lowest BCUT2D eigenvalue weighted by Gasteiger charge is -2.35. The van der Waals surface area contributed by atoms with Gasteiger partial charge in [0, 0.05) is 44.5 Å². The number of amides is 1. The van der Waals surface area contributed by atoms with Crippen molar-refractivity contribution in [1.29, 1.82) is 0 Å². The number of piperazine rings is 1. The number of fused-ring (bicyclic) bond motifs is 2. The molecule has 8 nitrogen and oxygen atoms in total.